The standard InChI is InChI=1S/C15H17F3N2O2/c16-15(17,18)11-6-12(14(22)19-7-11)20-13(21)5-10-4-8-1-2-9(10)3-8/h6-10H,1-5H2,(H,19,22)(H,20,21). The van der Waals surface area contributed by atoms with Gasteiger partial charge in [0.15, 0.2) is 0 Å². The maximum Gasteiger partial charge on any atom is 0.417 e. The van der Waals surface area contributed by atoms with Gasteiger partial charge in [-0.25, -0.2) is 0 Å². The Kier molecular flexibility index (Phi) is 3.74. The first kappa shape index (κ1) is 15.1. The molecule has 2 N–H and O–H groups in total. The Balaban J connectivity index is 1.67. The molecule has 2 fully saturated rings. The molecule has 3 rings (SSSR count). The fraction of sp³-hybridized carbons (Fsp3) is 0.600. The highest BCUT2D eigenvalue weighted by Crippen LogP contribution is 2.49. The van der Waals surface area contributed by atoms with E-state index < -0.39 is 17.3 Å². The SMILES string of the molecule is O=C(CC1CC2CCC1C2)Nc1cc(C(F)(F)F)c[nH]c1=O. The molecule has 1 aromatic heterocycles. The van der Waals surface area contributed by atoms with Crippen molar-refractivity contribution in [3.05, 3.63) is 28.2 Å². The summed E-state index contributed by atoms with van der Waals surface area (Å²) in [7, 11) is 0. The number of halogens is 3. The van der Waals surface area contributed by atoms with Crippen LogP contribution in [0, 0.1) is 17.8 Å². The first-order valence-electron chi connectivity index (χ1n) is 7.42. The summed E-state index contributed by atoms with van der Waals surface area (Å²) in [6, 6.07) is 0.678. The topological polar surface area (TPSA) is 62.0 Å². The number of fused-ring (bicyclic) bond motifs is 2. The van der Waals surface area contributed by atoms with Gasteiger partial charge in [-0.05, 0) is 43.1 Å². The normalized spacial score (nSPS) is 27.1. The van der Waals surface area contributed by atoms with E-state index in [1.807, 2.05) is 4.98 Å². The number of aromatic amines is 1. The van der Waals surface area contributed by atoms with E-state index in [1.54, 1.807) is 0 Å². The van der Waals surface area contributed by atoms with Gasteiger partial charge in [-0.2, -0.15) is 13.2 Å². The molecule has 0 aliphatic heterocycles. The highest BCUT2D eigenvalue weighted by molar-refractivity contribution is 5.90. The molecule has 1 aromatic rings. The molecule has 4 nitrogen and oxygen atoms in total. The summed E-state index contributed by atoms with van der Waals surface area (Å²) in [5, 5.41) is 2.33. The van der Waals surface area contributed by atoms with Crippen molar-refractivity contribution >= 4 is 11.6 Å². The van der Waals surface area contributed by atoms with Gasteiger partial charge in [0, 0.05) is 12.6 Å². The summed E-state index contributed by atoms with van der Waals surface area (Å²) in [5.74, 6) is 1.15. The van der Waals surface area contributed by atoms with Crippen molar-refractivity contribution in [2.45, 2.75) is 38.3 Å². The number of anilines is 1. The van der Waals surface area contributed by atoms with Crippen molar-refractivity contribution in [3.8, 4) is 0 Å². The molecule has 2 saturated carbocycles. The third kappa shape index (κ3) is 3.03. The predicted molar refractivity (Wildman–Crippen MR) is 74.2 cm³/mol. The minimum atomic E-state index is -4.56. The van der Waals surface area contributed by atoms with Crippen molar-refractivity contribution in [2.24, 2.45) is 17.8 Å². The second kappa shape index (κ2) is 5.44. The van der Waals surface area contributed by atoms with Gasteiger partial charge in [-0.3, -0.25) is 9.59 Å². The van der Waals surface area contributed by atoms with Crippen LogP contribution in [-0.2, 0) is 11.0 Å². The molecule has 0 saturated heterocycles. The Morgan fingerprint density at radius 2 is 2.09 bits per heavy atom. The molecule has 120 valence electrons. The van der Waals surface area contributed by atoms with E-state index in [4.69, 9.17) is 0 Å². The lowest BCUT2D eigenvalue weighted by molar-refractivity contribution is -0.137. The van der Waals surface area contributed by atoms with Crippen LogP contribution in [0.5, 0.6) is 0 Å². The Bertz CT molecular complexity index is 638. The highest BCUT2D eigenvalue weighted by Gasteiger charge is 2.40. The molecule has 0 aromatic carbocycles. The van der Waals surface area contributed by atoms with E-state index >= 15 is 0 Å². The minimum Gasteiger partial charge on any atom is -0.327 e. The summed E-state index contributed by atoms with van der Waals surface area (Å²) in [5.41, 5.74) is -2.06. The van der Waals surface area contributed by atoms with Gasteiger partial charge in [0.05, 0.1) is 5.56 Å². The number of alkyl halides is 3. The van der Waals surface area contributed by atoms with Gasteiger partial charge < -0.3 is 10.3 Å². The lowest BCUT2D eigenvalue weighted by Gasteiger charge is -2.20. The smallest absolute Gasteiger partial charge is 0.327 e. The average molecular weight is 314 g/mol. The summed E-state index contributed by atoms with van der Waals surface area (Å²) in [6.45, 7) is 0. The number of rotatable bonds is 3. The van der Waals surface area contributed by atoms with E-state index in [9.17, 15) is 22.8 Å². The Morgan fingerprint density at radius 3 is 2.68 bits per heavy atom. The molecule has 7 heteroatoms. The summed E-state index contributed by atoms with van der Waals surface area (Å²) >= 11 is 0. The summed E-state index contributed by atoms with van der Waals surface area (Å²) in [6.07, 6.45) is 0.834. The van der Waals surface area contributed by atoms with E-state index in [1.165, 1.54) is 6.42 Å². The molecule has 3 unspecified atom stereocenters. The Hall–Kier alpha value is -1.79. The van der Waals surface area contributed by atoms with E-state index in [0.717, 1.165) is 19.3 Å². The molecule has 0 radical (unpaired) electrons. The Labute approximate surface area is 125 Å². The van der Waals surface area contributed by atoms with Gasteiger partial charge in [0.25, 0.3) is 5.56 Å². The molecule has 22 heavy (non-hydrogen) atoms. The second-order valence-electron chi connectivity index (χ2n) is 6.32. The van der Waals surface area contributed by atoms with Gasteiger partial charge in [0.2, 0.25) is 5.91 Å². The van der Waals surface area contributed by atoms with Crippen LogP contribution in [-0.4, -0.2) is 10.9 Å². The van der Waals surface area contributed by atoms with Crippen molar-refractivity contribution in [2.75, 3.05) is 5.32 Å². The first-order chi connectivity index (χ1) is 10.3. The maximum atomic E-state index is 12.6. The monoisotopic (exact) mass is 314 g/mol. The van der Waals surface area contributed by atoms with Crippen LogP contribution in [0.4, 0.5) is 18.9 Å². The van der Waals surface area contributed by atoms with Crippen molar-refractivity contribution < 1.29 is 18.0 Å². The number of carbonyl (C=O) groups is 1. The molecule has 2 aliphatic carbocycles. The van der Waals surface area contributed by atoms with Crippen LogP contribution in [0.15, 0.2) is 17.1 Å². The van der Waals surface area contributed by atoms with E-state index in [2.05, 4.69) is 5.32 Å². The molecule has 2 bridgehead atoms. The number of amides is 1. The minimum absolute atomic E-state index is 0.275. The van der Waals surface area contributed by atoms with Crippen molar-refractivity contribution in [3.63, 3.8) is 0 Å². The van der Waals surface area contributed by atoms with E-state index in [-0.39, 0.29) is 18.0 Å². The second-order valence-corrected chi connectivity index (χ2v) is 6.32. The molecular weight excluding hydrogens is 297 g/mol. The van der Waals surface area contributed by atoms with Gasteiger partial charge >= 0.3 is 6.18 Å². The predicted octanol–water partition coefficient (Wildman–Crippen LogP) is 3.16. The summed E-state index contributed by atoms with van der Waals surface area (Å²) < 4.78 is 37.9. The first-order valence-corrected chi connectivity index (χ1v) is 7.42. The molecule has 0 spiro atoms. The van der Waals surface area contributed by atoms with Gasteiger partial charge in [0.1, 0.15) is 5.69 Å². The zero-order chi connectivity index (χ0) is 15.9. The highest BCUT2D eigenvalue weighted by atomic mass is 19.4. The molecule has 1 heterocycles. The lowest BCUT2D eigenvalue weighted by Crippen LogP contribution is -2.24. The number of aromatic nitrogens is 1. The molecule has 3 atom stereocenters. The largest absolute Gasteiger partial charge is 0.417 e. The fourth-order valence-electron chi connectivity index (χ4n) is 3.81. The van der Waals surface area contributed by atoms with Crippen LogP contribution in [0.25, 0.3) is 0 Å². The van der Waals surface area contributed by atoms with Crippen LogP contribution < -0.4 is 10.9 Å². The number of nitrogens with one attached hydrogen (secondary N) is 2. The molecule has 2 aliphatic rings. The molecule has 1 amide bonds. The van der Waals surface area contributed by atoms with Crippen LogP contribution in [0.2, 0.25) is 0 Å². The van der Waals surface area contributed by atoms with E-state index in [0.29, 0.717) is 30.0 Å². The van der Waals surface area contributed by atoms with Gasteiger partial charge in [-0.15, -0.1) is 0 Å². The number of H-pyrrole nitrogens is 1. The third-order valence-corrected chi connectivity index (χ3v) is 4.84. The van der Waals surface area contributed by atoms with Crippen molar-refractivity contribution in [1.29, 1.82) is 0 Å². The van der Waals surface area contributed by atoms with Crippen LogP contribution in [0.3, 0.4) is 0 Å². The number of hydrogen-bond acceptors (Lipinski definition) is 2. The Morgan fingerprint density at radius 1 is 1.32 bits per heavy atom. The third-order valence-electron chi connectivity index (χ3n) is 4.84. The zero-order valence-electron chi connectivity index (χ0n) is 11.9. The lowest BCUT2D eigenvalue weighted by atomic mass is 9.86. The molecular formula is C15H17F3N2O2. The van der Waals surface area contributed by atoms with Crippen molar-refractivity contribution in [1.82, 2.24) is 4.98 Å². The number of pyridine rings is 1. The number of carbonyl (C=O) groups excluding carboxylic acids is 1. The van der Waals surface area contributed by atoms with Crippen LogP contribution >= 0.6 is 0 Å². The number of hydrogen-bond donors (Lipinski definition) is 2. The van der Waals surface area contributed by atoms with Gasteiger partial charge in [-0.1, -0.05) is 6.42 Å². The fourth-order valence-corrected chi connectivity index (χ4v) is 3.81. The summed E-state index contributed by atoms with van der Waals surface area (Å²) in [4.78, 5) is 25.6. The zero-order valence-corrected chi connectivity index (χ0v) is 11.9. The van der Waals surface area contributed by atoms with Crippen LogP contribution in [0.1, 0.15) is 37.7 Å². The average Bonchev–Trinajstić information content (AvgIpc) is 3.02. The quantitative estimate of drug-likeness (QED) is 0.900. The maximum absolute atomic E-state index is 12.6.